The molecule has 154 valence electrons. The molecule has 8 heteroatoms. The first-order chi connectivity index (χ1) is 14.5. The zero-order valence-electron chi connectivity index (χ0n) is 16.1. The first-order valence-electron chi connectivity index (χ1n) is 9.62. The summed E-state index contributed by atoms with van der Waals surface area (Å²) in [5, 5.41) is 4.56. The Balaban J connectivity index is 1.48. The van der Waals surface area contributed by atoms with Crippen LogP contribution in [-0.4, -0.2) is 57.6 Å². The Morgan fingerprint density at radius 2 is 1.67 bits per heavy atom. The summed E-state index contributed by atoms with van der Waals surface area (Å²) < 4.78 is 15.7. The minimum Gasteiger partial charge on any atom is -0.337 e. The first-order valence-corrected chi connectivity index (χ1v) is 9.99. The molecule has 2 heterocycles. The van der Waals surface area contributed by atoms with Gasteiger partial charge in [-0.1, -0.05) is 41.9 Å². The zero-order valence-corrected chi connectivity index (χ0v) is 16.9. The standard InChI is InChI=1S/C22H20ClFN4O2/c23-17-7-8-19(24)18(15-17)21(29)26-11-13-27(14-12-26)22(30)20(28-10-4-9-25-28)16-5-2-1-3-6-16/h1-10,15,20H,11-14H2. The highest BCUT2D eigenvalue weighted by Gasteiger charge is 2.32. The molecule has 6 nitrogen and oxygen atoms in total. The van der Waals surface area contributed by atoms with Gasteiger partial charge >= 0.3 is 0 Å². The number of rotatable bonds is 4. The Morgan fingerprint density at radius 3 is 2.33 bits per heavy atom. The lowest BCUT2D eigenvalue weighted by Crippen LogP contribution is -2.52. The van der Waals surface area contributed by atoms with Crippen molar-refractivity contribution in [2.75, 3.05) is 26.2 Å². The molecule has 2 aromatic carbocycles. The fourth-order valence-electron chi connectivity index (χ4n) is 3.61. The van der Waals surface area contributed by atoms with Crippen LogP contribution >= 0.6 is 11.6 Å². The SMILES string of the molecule is O=C(c1cc(Cl)ccc1F)N1CCN(C(=O)C(c2ccccc2)n2cccn2)CC1. The highest BCUT2D eigenvalue weighted by atomic mass is 35.5. The van der Waals surface area contributed by atoms with Crippen molar-refractivity contribution in [3.8, 4) is 0 Å². The fourth-order valence-corrected chi connectivity index (χ4v) is 3.78. The smallest absolute Gasteiger partial charge is 0.257 e. The minimum absolute atomic E-state index is 0.0546. The van der Waals surface area contributed by atoms with Crippen LogP contribution in [0.5, 0.6) is 0 Å². The molecule has 0 bridgehead atoms. The molecule has 4 rings (SSSR count). The van der Waals surface area contributed by atoms with Gasteiger partial charge in [0.2, 0.25) is 0 Å². The van der Waals surface area contributed by atoms with E-state index in [0.717, 1.165) is 5.56 Å². The second-order valence-corrected chi connectivity index (χ2v) is 7.48. The Bertz CT molecular complexity index is 1030. The Kier molecular flexibility index (Phi) is 5.81. The van der Waals surface area contributed by atoms with Crippen LogP contribution in [0.3, 0.4) is 0 Å². The summed E-state index contributed by atoms with van der Waals surface area (Å²) in [6, 6.07) is 14.6. The van der Waals surface area contributed by atoms with Crippen LogP contribution in [0, 0.1) is 5.82 Å². The van der Waals surface area contributed by atoms with E-state index >= 15 is 0 Å². The molecule has 0 N–H and O–H groups in total. The number of amides is 2. The summed E-state index contributed by atoms with van der Waals surface area (Å²) in [6.45, 7) is 1.35. The van der Waals surface area contributed by atoms with Crippen LogP contribution in [0.15, 0.2) is 67.0 Å². The van der Waals surface area contributed by atoms with Crippen molar-refractivity contribution in [3.63, 3.8) is 0 Å². The van der Waals surface area contributed by atoms with Crippen molar-refractivity contribution in [1.29, 1.82) is 0 Å². The molecule has 2 amide bonds. The van der Waals surface area contributed by atoms with Crippen molar-refractivity contribution < 1.29 is 14.0 Å². The zero-order chi connectivity index (χ0) is 21.1. The van der Waals surface area contributed by atoms with Crippen molar-refractivity contribution in [3.05, 3.63) is 89.0 Å². The van der Waals surface area contributed by atoms with E-state index in [1.54, 1.807) is 32.9 Å². The minimum atomic E-state index is -0.606. The summed E-state index contributed by atoms with van der Waals surface area (Å²) in [4.78, 5) is 29.3. The van der Waals surface area contributed by atoms with E-state index in [-0.39, 0.29) is 11.5 Å². The maximum absolute atomic E-state index is 14.1. The second-order valence-electron chi connectivity index (χ2n) is 7.04. The van der Waals surface area contributed by atoms with Crippen LogP contribution in [0.1, 0.15) is 22.0 Å². The fraction of sp³-hybridized carbons (Fsp3) is 0.227. The van der Waals surface area contributed by atoms with Crippen LogP contribution in [0.2, 0.25) is 5.02 Å². The lowest BCUT2D eigenvalue weighted by atomic mass is 10.1. The summed E-state index contributed by atoms with van der Waals surface area (Å²) >= 11 is 5.91. The van der Waals surface area contributed by atoms with Crippen molar-refractivity contribution in [1.82, 2.24) is 19.6 Å². The average molecular weight is 427 g/mol. The number of piperazine rings is 1. The van der Waals surface area contributed by atoms with Crippen LogP contribution in [-0.2, 0) is 4.79 Å². The van der Waals surface area contributed by atoms with Gasteiger partial charge in [-0.25, -0.2) is 4.39 Å². The number of hydrogen-bond acceptors (Lipinski definition) is 3. The quantitative estimate of drug-likeness (QED) is 0.643. The summed E-state index contributed by atoms with van der Waals surface area (Å²) in [6.07, 6.45) is 3.40. The second kappa shape index (κ2) is 8.67. The number of hydrogen-bond donors (Lipinski definition) is 0. The maximum atomic E-state index is 14.1. The lowest BCUT2D eigenvalue weighted by Gasteiger charge is -2.36. The van der Waals surface area contributed by atoms with Crippen LogP contribution in [0.4, 0.5) is 4.39 Å². The third-order valence-electron chi connectivity index (χ3n) is 5.18. The van der Waals surface area contributed by atoms with Gasteiger partial charge in [0.15, 0.2) is 6.04 Å². The Hall–Kier alpha value is -3.19. The molecule has 0 spiro atoms. The van der Waals surface area contributed by atoms with Crippen molar-refractivity contribution in [2.24, 2.45) is 0 Å². The van der Waals surface area contributed by atoms with E-state index < -0.39 is 17.8 Å². The molecule has 30 heavy (non-hydrogen) atoms. The van der Waals surface area contributed by atoms with E-state index in [2.05, 4.69) is 5.10 Å². The molecule has 0 radical (unpaired) electrons. The number of carbonyl (C=O) groups excluding carboxylic acids is 2. The molecule has 1 aliphatic heterocycles. The highest BCUT2D eigenvalue weighted by Crippen LogP contribution is 2.22. The third-order valence-corrected chi connectivity index (χ3v) is 5.41. The Morgan fingerprint density at radius 1 is 0.967 bits per heavy atom. The molecule has 1 atom stereocenters. The Labute approximate surface area is 178 Å². The molecule has 3 aromatic rings. The van der Waals surface area contributed by atoms with Gasteiger partial charge in [0.05, 0.1) is 5.56 Å². The van der Waals surface area contributed by atoms with Gasteiger partial charge in [0.25, 0.3) is 11.8 Å². The molecular formula is C22H20ClFN4O2. The molecule has 1 aliphatic rings. The van der Waals surface area contributed by atoms with Gasteiger partial charge in [-0.2, -0.15) is 5.10 Å². The number of halogens is 2. The van der Waals surface area contributed by atoms with E-state index in [4.69, 9.17) is 11.6 Å². The van der Waals surface area contributed by atoms with Gasteiger partial charge in [-0.15, -0.1) is 0 Å². The van der Waals surface area contributed by atoms with E-state index in [1.807, 2.05) is 30.3 Å². The molecule has 0 aliphatic carbocycles. The molecule has 0 saturated carbocycles. The topological polar surface area (TPSA) is 58.4 Å². The predicted octanol–water partition coefficient (Wildman–Crippen LogP) is 3.25. The van der Waals surface area contributed by atoms with Gasteiger partial charge in [0, 0.05) is 43.6 Å². The third kappa shape index (κ3) is 4.07. The first kappa shape index (κ1) is 20.1. The van der Waals surface area contributed by atoms with Crippen LogP contribution < -0.4 is 0 Å². The highest BCUT2D eigenvalue weighted by molar-refractivity contribution is 6.31. The summed E-state index contributed by atoms with van der Waals surface area (Å²) in [5.74, 6) is -1.12. The normalized spacial score (nSPS) is 15.1. The maximum Gasteiger partial charge on any atom is 0.257 e. The average Bonchev–Trinajstić information content (AvgIpc) is 3.30. The van der Waals surface area contributed by atoms with Gasteiger partial charge in [-0.3, -0.25) is 14.3 Å². The monoisotopic (exact) mass is 426 g/mol. The largest absolute Gasteiger partial charge is 0.337 e. The molecule has 1 fully saturated rings. The predicted molar refractivity (Wildman–Crippen MR) is 111 cm³/mol. The molecular weight excluding hydrogens is 407 g/mol. The van der Waals surface area contributed by atoms with Gasteiger partial charge < -0.3 is 9.80 Å². The van der Waals surface area contributed by atoms with E-state index in [1.165, 1.54) is 18.2 Å². The summed E-state index contributed by atoms with van der Waals surface area (Å²) in [7, 11) is 0. The van der Waals surface area contributed by atoms with Gasteiger partial charge in [0.1, 0.15) is 5.82 Å². The number of nitrogens with zero attached hydrogens (tertiary/aromatic N) is 4. The lowest BCUT2D eigenvalue weighted by molar-refractivity contribution is -0.135. The van der Waals surface area contributed by atoms with Crippen LogP contribution in [0.25, 0.3) is 0 Å². The van der Waals surface area contributed by atoms with E-state index in [0.29, 0.717) is 31.2 Å². The van der Waals surface area contributed by atoms with Gasteiger partial charge in [-0.05, 0) is 29.8 Å². The number of benzene rings is 2. The van der Waals surface area contributed by atoms with E-state index in [9.17, 15) is 14.0 Å². The summed E-state index contributed by atoms with van der Waals surface area (Å²) in [5.41, 5.74) is 0.784. The number of carbonyl (C=O) groups is 2. The molecule has 1 aromatic heterocycles. The molecule has 1 saturated heterocycles. The molecule has 1 unspecified atom stereocenters. The van der Waals surface area contributed by atoms with Crippen molar-refractivity contribution in [2.45, 2.75) is 6.04 Å². The van der Waals surface area contributed by atoms with Crippen molar-refractivity contribution >= 4 is 23.4 Å². The number of aromatic nitrogens is 2.